The summed E-state index contributed by atoms with van der Waals surface area (Å²) in [6.45, 7) is 4.48. The summed E-state index contributed by atoms with van der Waals surface area (Å²) in [4.78, 5) is 85.2. The van der Waals surface area contributed by atoms with Crippen LogP contribution in [0.3, 0.4) is 0 Å². The number of hydrogen-bond acceptors (Lipinski definition) is 13. The van der Waals surface area contributed by atoms with Crippen molar-refractivity contribution in [2.24, 2.45) is 0 Å². The number of phenolic OH excluding ortho intramolecular Hbond substituents is 2. The Hall–Kier alpha value is -5.55. The maximum atomic E-state index is 13.7. The number of ketones is 3. The van der Waals surface area contributed by atoms with Crippen LogP contribution < -0.4 is 10.6 Å². The molecular weight excluding hydrogens is 728 g/mol. The van der Waals surface area contributed by atoms with Crippen LogP contribution >= 0.6 is 0 Å². The molecule has 2 saturated heterocycles. The molecule has 16 nitrogen and oxygen atoms in total. The predicted molar refractivity (Wildman–Crippen MR) is 194 cm³/mol. The van der Waals surface area contributed by atoms with E-state index in [0.29, 0.717) is 18.4 Å². The van der Waals surface area contributed by atoms with Crippen LogP contribution in [0.25, 0.3) is 0 Å². The lowest BCUT2D eigenvalue weighted by Crippen LogP contribution is -2.59. The largest absolute Gasteiger partial charge is 0.507 e. The maximum Gasteiger partial charge on any atom is 0.252 e. The Bertz CT molecular complexity index is 2140. The number of Topliss-reactive ketones (excluding diaryl/α,β-unsaturated/α-hetero) is 1. The molecule has 1 aromatic heterocycles. The van der Waals surface area contributed by atoms with Crippen molar-refractivity contribution in [1.29, 1.82) is 0 Å². The van der Waals surface area contributed by atoms with Crippen LogP contribution in [0.1, 0.15) is 106 Å². The number of carbonyl (C=O) groups is 6. The van der Waals surface area contributed by atoms with Crippen LogP contribution in [0.5, 0.6) is 11.5 Å². The number of fused-ring (bicyclic) bond motifs is 3. The third-order valence-corrected chi connectivity index (χ3v) is 11.3. The number of pyridine rings is 1. The van der Waals surface area contributed by atoms with Gasteiger partial charge in [0, 0.05) is 66.0 Å². The molecular formula is C40H42N4O12. The molecule has 56 heavy (non-hydrogen) atoms. The molecule has 2 aromatic carbocycles. The number of ether oxygens (including phenoxy) is 2. The highest BCUT2D eigenvalue weighted by atomic mass is 16.7. The van der Waals surface area contributed by atoms with E-state index in [1.807, 2.05) is 0 Å². The molecule has 0 spiro atoms. The number of nitrogens with zero attached hydrogens (tertiary/aromatic N) is 2. The standard InChI is InChI=1S/C40H42N4O12/c1-18(42-37(51)21-10-12-41-13-11-21)39(53)44-14-6-9-26(44)38(52)43-25-15-28(55-19(2)32(25)46)56-27-17-40(54,20(3)45)16-24-29(27)36(50)31-30(35(24)49)33(47)22-7-4-5-8-23(22)34(31)48/h4-5,7-8,10-13,18-19,25-28,32,46,49-50,54H,6,9,14-17H2,1-3H3,(H,42,51)(H,43,52)/t18-,19+,25+,26-,27+,28+,32-,40+/m1/s1. The molecule has 16 heteroatoms. The van der Waals surface area contributed by atoms with E-state index in [1.54, 1.807) is 19.1 Å². The highest BCUT2D eigenvalue weighted by Crippen LogP contribution is 2.52. The van der Waals surface area contributed by atoms with Crippen molar-refractivity contribution in [3.63, 3.8) is 0 Å². The fourth-order valence-electron chi connectivity index (χ4n) is 8.21. The Labute approximate surface area is 320 Å². The first kappa shape index (κ1) is 38.7. The van der Waals surface area contributed by atoms with E-state index >= 15 is 0 Å². The summed E-state index contributed by atoms with van der Waals surface area (Å²) in [5.41, 5.74) is -2.90. The molecule has 0 unspecified atom stereocenters. The average molecular weight is 771 g/mol. The molecule has 8 atom stereocenters. The zero-order valence-corrected chi connectivity index (χ0v) is 30.9. The smallest absolute Gasteiger partial charge is 0.252 e. The van der Waals surface area contributed by atoms with Gasteiger partial charge in [-0.2, -0.15) is 0 Å². The molecule has 2 fully saturated rings. The zero-order valence-electron chi connectivity index (χ0n) is 30.9. The van der Waals surface area contributed by atoms with Gasteiger partial charge < -0.3 is 45.4 Å². The van der Waals surface area contributed by atoms with Crippen LogP contribution in [-0.2, 0) is 30.3 Å². The lowest BCUT2D eigenvalue weighted by atomic mass is 9.72. The number of hydrogen-bond donors (Lipinski definition) is 6. The molecule has 7 rings (SSSR count). The quantitative estimate of drug-likeness (QED) is 0.139. The Kier molecular flexibility index (Phi) is 10.3. The molecule has 0 radical (unpaired) electrons. The molecule has 3 heterocycles. The van der Waals surface area contributed by atoms with Gasteiger partial charge in [0.05, 0.1) is 29.4 Å². The van der Waals surface area contributed by atoms with Crippen molar-refractivity contribution in [1.82, 2.24) is 20.5 Å². The Morgan fingerprint density at radius 1 is 1.02 bits per heavy atom. The van der Waals surface area contributed by atoms with Crippen LogP contribution in [-0.4, -0.2) is 114 Å². The Morgan fingerprint density at radius 3 is 2.30 bits per heavy atom. The number of nitrogens with one attached hydrogen (secondary N) is 2. The van der Waals surface area contributed by atoms with Gasteiger partial charge in [0.2, 0.25) is 11.8 Å². The fraction of sp³-hybridized carbons (Fsp3) is 0.425. The van der Waals surface area contributed by atoms with Crippen LogP contribution in [0.2, 0.25) is 0 Å². The lowest BCUT2D eigenvalue weighted by Gasteiger charge is -2.43. The lowest BCUT2D eigenvalue weighted by molar-refractivity contribution is -0.249. The zero-order chi connectivity index (χ0) is 40.2. The number of phenols is 2. The number of aliphatic hydroxyl groups excluding tert-OH is 1. The number of likely N-dealkylation sites (tertiary alicyclic amines) is 1. The van der Waals surface area contributed by atoms with Gasteiger partial charge in [0.15, 0.2) is 23.6 Å². The normalized spacial score (nSPS) is 27.4. The fourth-order valence-corrected chi connectivity index (χ4v) is 8.21. The van der Waals surface area contributed by atoms with Crippen LogP contribution in [0, 0.1) is 0 Å². The first-order chi connectivity index (χ1) is 26.6. The summed E-state index contributed by atoms with van der Waals surface area (Å²) in [7, 11) is 0. The van der Waals surface area contributed by atoms with Gasteiger partial charge in [-0.1, -0.05) is 24.3 Å². The van der Waals surface area contributed by atoms with Gasteiger partial charge in [-0.25, -0.2) is 0 Å². The van der Waals surface area contributed by atoms with Crippen LogP contribution in [0.15, 0.2) is 48.8 Å². The second kappa shape index (κ2) is 14.8. The summed E-state index contributed by atoms with van der Waals surface area (Å²) in [5.74, 6) is -4.92. The van der Waals surface area contributed by atoms with E-state index in [9.17, 15) is 49.2 Å². The van der Waals surface area contributed by atoms with Crippen molar-refractivity contribution in [2.45, 2.75) is 101 Å². The topological polar surface area (TPSA) is 242 Å². The average Bonchev–Trinajstić information content (AvgIpc) is 3.67. The minimum absolute atomic E-state index is 0.0220. The number of benzene rings is 2. The molecule has 2 aliphatic heterocycles. The van der Waals surface area contributed by atoms with E-state index in [1.165, 1.54) is 48.5 Å². The third kappa shape index (κ3) is 6.72. The van der Waals surface area contributed by atoms with Gasteiger partial charge >= 0.3 is 0 Å². The maximum absolute atomic E-state index is 13.7. The number of aliphatic hydroxyl groups is 2. The van der Waals surface area contributed by atoms with Gasteiger partial charge in [0.25, 0.3) is 5.91 Å². The highest BCUT2D eigenvalue weighted by Gasteiger charge is 2.50. The monoisotopic (exact) mass is 770 g/mol. The minimum Gasteiger partial charge on any atom is -0.507 e. The molecule has 294 valence electrons. The SMILES string of the molecule is CC(=O)[C@]1(O)Cc2c(O)c3c(c(O)c2[C@@H](O[C@H]2C[C@H](NC(=O)[C@H]4CCCN4C(=O)[C@@H](C)NC(=O)c4ccncc4)[C@H](O)[C@H](C)O2)C1)C(=O)c1ccccc1C3=O. The van der Waals surface area contributed by atoms with Gasteiger partial charge in [-0.15, -0.1) is 0 Å². The van der Waals surface area contributed by atoms with Gasteiger partial charge in [-0.05, 0) is 45.7 Å². The molecule has 0 bridgehead atoms. The first-order valence-electron chi connectivity index (χ1n) is 18.4. The van der Waals surface area contributed by atoms with E-state index < -0.39 is 119 Å². The Balaban J connectivity index is 1.11. The number of carbonyl (C=O) groups excluding carboxylic acids is 6. The summed E-state index contributed by atoms with van der Waals surface area (Å²) >= 11 is 0. The van der Waals surface area contributed by atoms with Crippen molar-refractivity contribution >= 4 is 35.1 Å². The van der Waals surface area contributed by atoms with Gasteiger partial charge in [-0.3, -0.25) is 33.8 Å². The van der Waals surface area contributed by atoms with E-state index in [-0.39, 0.29) is 35.2 Å². The predicted octanol–water partition coefficient (Wildman–Crippen LogP) is 1.38. The number of amides is 3. The number of aromatic nitrogens is 1. The van der Waals surface area contributed by atoms with Crippen LogP contribution in [0.4, 0.5) is 0 Å². The highest BCUT2D eigenvalue weighted by molar-refractivity contribution is 6.30. The number of rotatable bonds is 8. The minimum atomic E-state index is -2.11. The molecule has 3 amide bonds. The van der Waals surface area contributed by atoms with Crippen molar-refractivity contribution in [3.8, 4) is 11.5 Å². The van der Waals surface area contributed by atoms with Crippen molar-refractivity contribution < 1.29 is 58.7 Å². The molecule has 3 aromatic rings. The second-order valence-electron chi connectivity index (χ2n) is 14.9. The van der Waals surface area contributed by atoms with E-state index in [2.05, 4.69) is 15.6 Å². The molecule has 2 aliphatic carbocycles. The summed E-state index contributed by atoms with van der Waals surface area (Å²) < 4.78 is 12.3. The van der Waals surface area contributed by atoms with Crippen molar-refractivity contribution in [3.05, 3.63) is 87.7 Å². The molecule has 4 aliphatic rings. The van der Waals surface area contributed by atoms with Gasteiger partial charge in [0.1, 0.15) is 35.3 Å². The van der Waals surface area contributed by atoms with E-state index in [0.717, 1.165) is 6.92 Å². The number of aromatic hydroxyl groups is 2. The first-order valence-corrected chi connectivity index (χ1v) is 18.4. The second-order valence-corrected chi connectivity index (χ2v) is 14.9. The summed E-state index contributed by atoms with van der Waals surface area (Å²) in [6, 6.07) is 6.14. The molecule has 6 N–H and O–H groups in total. The Morgan fingerprint density at radius 2 is 1.66 bits per heavy atom. The van der Waals surface area contributed by atoms with Crippen molar-refractivity contribution in [2.75, 3.05) is 6.54 Å². The molecule has 0 saturated carbocycles. The summed E-state index contributed by atoms with van der Waals surface area (Å²) in [6.07, 6.45) is -2.09. The third-order valence-electron chi connectivity index (χ3n) is 11.3. The summed E-state index contributed by atoms with van der Waals surface area (Å²) in [5, 5.41) is 51.4. The van der Waals surface area contributed by atoms with E-state index in [4.69, 9.17) is 9.47 Å².